The SMILES string of the molecule is CC1CCC(O)CC1.OC1CCC(O)CC1. The van der Waals surface area contributed by atoms with E-state index in [2.05, 4.69) is 6.92 Å². The van der Waals surface area contributed by atoms with Crippen molar-refractivity contribution in [3.63, 3.8) is 0 Å². The Labute approximate surface area is 98.5 Å². The van der Waals surface area contributed by atoms with Crippen molar-refractivity contribution in [2.75, 3.05) is 0 Å². The summed E-state index contributed by atoms with van der Waals surface area (Å²) in [4.78, 5) is 0. The fourth-order valence-corrected chi connectivity index (χ4v) is 2.30. The molecular formula is C13H26O3. The molecule has 0 atom stereocenters. The summed E-state index contributed by atoms with van der Waals surface area (Å²) < 4.78 is 0. The van der Waals surface area contributed by atoms with Crippen LogP contribution in [0.1, 0.15) is 58.3 Å². The Balaban J connectivity index is 0.000000160. The molecule has 3 nitrogen and oxygen atoms in total. The lowest BCUT2D eigenvalue weighted by Gasteiger charge is -2.21. The minimum Gasteiger partial charge on any atom is -0.393 e. The first-order valence-electron chi connectivity index (χ1n) is 6.62. The maximum atomic E-state index is 9.03. The topological polar surface area (TPSA) is 60.7 Å². The molecular weight excluding hydrogens is 204 g/mol. The number of hydrogen-bond acceptors (Lipinski definition) is 3. The van der Waals surface area contributed by atoms with Crippen molar-refractivity contribution in [1.82, 2.24) is 0 Å². The van der Waals surface area contributed by atoms with Gasteiger partial charge in [-0.25, -0.2) is 0 Å². The Hall–Kier alpha value is -0.120. The summed E-state index contributed by atoms with van der Waals surface area (Å²) in [5.74, 6) is 0.860. The van der Waals surface area contributed by atoms with E-state index in [0.29, 0.717) is 0 Å². The predicted octanol–water partition coefficient (Wildman–Crippen LogP) is 1.84. The molecule has 96 valence electrons. The van der Waals surface area contributed by atoms with Crippen LogP contribution in [-0.2, 0) is 0 Å². The van der Waals surface area contributed by atoms with E-state index in [1.807, 2.05) is 0 Å². The van der Waals surface area contributed by atoms with E-state index in [1.54, 1.807) is 0 Å². The maximum Gasteiger partial charge on any atom is 0.0542 e. The Kier molecular flexibility index (Phi) is 6.32. The molecule has 2 aliphatic carbocycles. The zero-order valence-electron chi connectivity index (χ0n) is 10.3. The van der Waals surface area contributed by atoms with Gasteiger partial charge in [0.25, 0.3) is 0 Å². The number of aliphatic hydroxyl groups excluding tert-OH is 3. The van der Waals surface area contributed by atoms with Crippen molar-refractivity contribution in [2.24, 2.45) is 5.92 Å². The highest BCUT2D eigenvalue weighted by Crippen LogP contribution is 2.22. The van der Waals surface area contributed by atoms with Crippen molar-refractivity contribution >= 4 is 0 Å². The molecule has 0 aromatic carbocycles. The van der Waals surface area contributed by atoms with Gasteiger partial charge in [0.05, 0.1) is 18.3 Å². The molecule has 0 spiro atoms. The number of hydrogen-bond donors (Lipinski definition) is 3. The molecule has 3 heteroatoms. The van der Waals surface area contributed by atoms with Crippen LogP contribution in [0.2, 0.25) is 0 Å². The molecule has 0 aromatic rings. The molecule has 0 saturated heterocycles. The summed E-state index contributed by atoms with van der Waals surface area (Å²) >= 11 is 0. The molecule has 2 fully saturated rings. The summed E-state index contributed by atoms with van der Waals surface area (Å²) in [6, 6.07) is 0. The molecule has 0 radical (unpaired) electrons. The Morgan fingerprint density at radius 1 is 0.562 bits per heavy atom. The summed E-state index contributed by atoms with van der Waals surface area (Å²) in [7, 11) is 0. The molecule has 2 aliphatic rings. The third kappa shape index (κ3) is 5.83. The van der Waals surface area contributed by atoms with Crippen molar-refractivity contribution in [2.45, 2.75) is 76.6 Å². The van der Waals surface area contributed by atoms with Crippen molar-refractivity contribution in [3.05, 3.63) is 0 Å². The first-order chi connectivity index (χ1) is 7.58. The van der Waals surface area contributed by atoms with Gasteiger partial charge in [0.2, 0.25) is 0 Å². The van der Waals surface area contributed by atoms with Gasteiger partial charge < -0.3 is 15.3 Å². The second-order valence-electron chi connectivity index (χ2n) is 5.38. The van der Waals surface area contributed by atoms with E-state index >= 15 is 0 Å². The largest absolute Gasteiger partial charge is 0.393 e. The summed E-state index contributed by atoms with van der Waals surface area (Å²) in [6.07, 6.45) is 7.36. The number of aliphatic hydroxyl groups is 3. The van der Waals surface area contributed by atoms with Gasteiger partial charge in [-0.05, 0) is 57.3 Å². The summed E-state index contributed by atoms with van der Waals surface area (Å²) in [5.41, 5.74) is 0. The van der Waals surface area contributed by atoms with Crippen LogP contribution in [-0.4, -0.2) is 33.6 Å². The Morgan fingerprint density at radius 3 is 1.06 bits per heavy atom. The highest BCUT2D eigenvalue weighted by atomic mass is 16.3. The van der Waals surface area contributed by atoms with Crippen LogP contribution in [0, 0.1) is 5.92 Å². The van der Waals surface area contributed by atoms with Crippen LogP contribution in [0.25, 0.3) is 0 Å². The lowest BCUT2D eigenvalue weighted by atomic mass is 9.89. The first-order valence-corrected chi connectivity index (χ1v) is 6.62. The van der Waals surface area contributed by atoms with Crippen LogP contribution in [0.4, 0.5) is 0 Å². The Bertz CT molecular complexity index is 128. The maximum absolute atomic E-state index is 9.03. The molecule has 2 saturated carbocycles. The zero-order chi connectivity index (χ0) is 12.0. The van der Waals surface area contributed by atoms with Gasteiger partial charge in [-0.15, -0.1) is 0 Å². The van der Waals surface area contributed by atoms with Crippen LogP contribution in [0.3, 0.4) is 0 Å². The van der Waals surface area contributed by atoms with Gasteiger partial charge in [0.1, 0.15) is 0 Å². The monoisotopic (exact) mass is 230 g/mol. The van der Waals surface area contributed by atoms with Crippen LogP contribution in [0.5, 0.6) is 0 Å². The molecule has 3 N–H and O–H groups in total. The lowest BCUT2D eigenvalue weighted by Crippen LogP contribution is -2.21. The summed E-state index contributed by atoms with van der Waals surface area (Å²) in [6.45, 7) is 2.26. The van der Waals surface area contributed by atoms with Crippen molar-refractivity contribution in [1.29, 1.82) is 0 Å². The standard InChI is InChI=1S/C7H14O.C6H12O2/c1-6-2-4-7(8)5-3-6;7-5-1-2-6(8)4-3-5/h6-8H,2-5H2,1H3;5-8H,1-4H2. The smallest absolute Gasteiger partial charge is 0.0542 e. The molecule has 0 aliphatic heterocycles. The van der Waals surface area contributed by atoms with Gasteiger partial charge in [-0.1, -0.05) is 6.92 Å². The molecule has 0 amide bonds. The van der Waals surface area contributed by atoms with Gasteiger partial charge in [-0.3, -0.25) is 0 Å². The second-order valence-corrected chi connectivity index (χ2v) is 5.38. The molecule has 0 aromatic heterocycles. The quantitative estimate of drug-likeness (QED) is 0.595. The van der Waals surface area contributed by atoms with E-state index < -0.39 is 0 Å². The second kappa shape index (κ2) is 7.25. The number of rotatable bonds is 0. The van der Waals surface area contributed by atoms with E-state index in [0.717, 1.165) is 44.4 Å². The highest BCUT2D eigenvalue weighted by molar-refractivity contribution is 4.69. The third-order valence-electron chi connectivity index (χ3n) is 3.65. The van der Waals surface area contributed by atoms with E-state index in [-0.39, 0.29) is 18.3 Å². The average molecular weight is 230 g/mol. The van der Waals surface area contributed by atoms with E-state index in [1.165, 1.54) is 12.8 Å². The lowest BCUT2D eigenvalue weighted by molar-refractivity contribution is 0.0541. The van der Waals surface area contributed by atoms with Gasteiger partial charge in [0.15, 0.2) is 0 Å². The fraction of sp³-hybridized carbons (Fsp3) is 1.00. The van der Waals surface area contributed by atoms with Crippen LogP contribution < -0.4 is 0 Å². The average Bonchev–Trinajstić information content (AvgIpc) is 2.28. The predicted molar refractivity (Wildman–Crippen MR) is 64.1 cm³/mol. The molecule has 0 heterocycles. The van der Waals surface area contributed by atoms with Crippen LogP contribution in [0.15, 0.2) is 0 Å². The highest BCUT2D eigenvalue weighted by Gasteiger charge is 2.16. The van der Waals surface area contributed by atoms with Crippen LogP contribution >= 0.6 is 0 Å². The van der Waals surface area contributed by atoms with Gasteiger partial charge >= 0.3 is 0 Å². The normalized spacial score (nSPS) is 39.8. The summed E-state index contributed by atoms with van der Waals surface area (Å²) in [5, 5.41) is 26.9. The minimum absolute atomic E-state index is 0.0196. The molecule has 2 rings (SSSR count). The third-order valence-corrected chi connectivity index (χ3v) is 3.65. The Morgan fingerprint density at radius 2 is 0.812 bits per heavy atom. The van der Waals surface area contributed by atoms with E-state index in [9.17, 15) is 0 Å². The fourth-order valence-electron chi connectivity index (χ4n) is 2.30. The van der Waals surface area contributed by atoms with Gasteiger partial charge in [-0.2, -0.15) is 0 Å². The van der Waals surface area contributed by atoms with Gasteiger partial charge in [0, 0.05) is 0 Å². The zero-order valence-corrected chi connectivity index (χ0v) is 10.3. The first kappa shape index (κ1) is 13.9. The molecule has 0 bridgehead atoms. The molecule has 0 unspecified atom stereocenters. The van der Waals surface area contributed by atoms with Crippen molar-refractivity contribution in [3.8, 4) is 0 Å². The van der Waals surface area contributed by atoms with Crippen molar-refractivity contribution < 1.29 is 15.3 Å². The molecule has 16 heavy (non-hydrogen) atoms. The van der Waals surface area contributed by atoms with E-state index in [4.69, 9.17) is 15.3 Å². The minimum atomic E-state index is -0.140.